The minimum atomic E-state index is -0.0606. The smallest absolute Gasteiger partial charge is 0.254 e. The second kappa shape index (κ2) is 6.24. The number of furan rings is 1. The van der Waals surface area contributed by atoms with E-state index in [1.807, 2.05) is 18.2 Å². The molecule has 0 saturated heterocycles. The van der Waals surface area contributed by atoms with Crippen LogP contribution in [0.1, 0.15) is 16.1 Å². The van der Waals surface area contributed by atoms with Gasteiger partial charge in [0.1, 0.15) is 5.76 Å². The van der Waals surface area contributed by atoms with Crippen LogP contribution in [0.5, 0.6) is 0 Å². The second-order valence-electron chi connectivity index (χ2n) is 4.03. The van der Waals surface area contributed by atoms with Gasteiger partial charge in [-0.2, -0.15) is 0 Å². The van der Waals surface area contributed by atoms with Crippen LogP contribution in [0.3, 0.4) is 0 Å². The van der Waals surface area contributed by atoms with E-state index in [0.29, 0.717) is 16.8 Å². The molecule has 3 nitrogen and oxygen atoms in total. The number of carbonyl (C=O) groups is 1. The van der Waals surface area contributed by atoms with Gasteiger partial charge in [0.15, 0.2) is 4.67 Å². The van der Waals surface area contributed by atoms with Crippen LogP contribution in [0.2, 0.25) is 0 Å². The minimum Gasteiger partial charge on any atom is -0.452 e. The third-order valence-corrected chi connectivity index (χ3v) is 3.82. The number of benzene rings is 1. The van der Waals surface area contributed by atoms with E-state index in [-0.39, 0.29) is 5.91 Å². The van der Waals surface area contributed by atoms with E-state index < -0.39 is 0 Å². The molecule has 0 spiro atoms. The molecule has 0 aliphatic heterocycles. The first-order chi connectivity index (χ1) is 8.95. The number of halogens is 3. The number of rotatable bonds is 3. The Balaban J connectivity index is 2.14. The Morgan fingerprint density at radius 3 is 2.32 bits per heavy atom. The first-order valence-electron chi connectivity index (χ1n) is 5.41. The van der Waals surface area contributed by atoms with Crippen LogP contribution in [0.4, 0.5) is 0 Å². The number of hydrogen-bond donors (Lipinski definition) is 0. The summed E-state index contributed by atoms with van der Waals surface area (Å²) >= 11 is 9.99. The summed E-state index contributed by atoms with van der Waals surface area (Å²) in [6, 6.07) is 9.12. The molecule has 0 aliphatic carbocycles. The van der Waals surface area contributed by atoms with Crippen molar-refractivity contribution in [2.75, 3.05) is 7.05 Å². The molecule has 2 aromatic rings. The topological polar surface area (TPSA) is 33.5 Å². The Hall–Kier alpha value is -0.590. The van der Waals surface area contributed by atoms with Crippen molar-refractivity contribution in [3.05, 3.63) is 55.3 Å². The molecule has 0 unspecified atom stereocenters. The van der Waals surface area contributed by atoms with Crippen molar-refractivity contribution in [1.29, 1.82) is 0 Å². The maximum absolute atomic E-state index is 12.3. The summed E-state index contributed by atoms with van der Waals surface area (Å²) in [6.45, 7) is 0.425. The Kier molecular flexibility index (Phi) is 4.86. The fourth-order valence-corrected chi connectivity index (χ4v) is 3.27. The molecule has 0 radical (unpaired) electrons. The van der Waals surface area contributed by atoms with Crippen molar-refractivity contribution in [2.24, 2.45) is 0 Å². The third kappa shape index (κ3) is 3.94. The van der Waals surface area contributed by atoms with Gasteiger partial charge in [-0.25, -0.2) is 0 Å². The van der Waals surface area contributed by atoms with Crippen LogP contribution in [0, 0.1) is 0 Å². The lowest BCUT2D eigenvalue weighted by atomic mass is 10.2. The maximum Gasteiger partial charge on any atom is 0.254 e. The number of hydrogen-bond acceptors (Lipinski definition) is 2. The standard InChI is InChI=1S/C13H10Br3NO2/c1-17(7-11-2-3-12(16)19-11)13(18)8-4-9(14)6-10(15)5-8/h2-6H,7H2,1H3. The van der Waals surface area contributed by atoms with Gasteiger partial charge < -0.3 is 9.32 Å². The third-order valence-electron chi connectivity index (χ3n) is 2.48. The normalized spacial score (nSPS) is 10.5. The summed E-state index contributed by atoms with van der Waals surface area (Å²) in [5, 5.41) is 0. The molecule has 6 heteroatoms. The van der Waals surface area contributed by atoms with Gasteiger partial charge in [0.25, 0.3) is 5.91 Å². The molecule has 1 aromatic carbocycles. The molecule has 0 bridgehead atoms. The van der Waals surface area contributed by atoms with E-state index in [0.717, 1.165) is 14.7 Å². The van der Waals surface area contributed by atoms with Crippen LogP contribution < -0.4 is 0 Å². The highest BCUT2D eigenvalue weighted by atomic mass is 79.9. The van der Waals surface area contributed by atoms with Gasteiger partial charge in [-0.05, 0) is 46.3 Å². The lowest BCUT2D eigenvalue weighted by Gasteiger charge is -2.16. The number of nitrogens with zero attached hydrogens (tertiary/aromatic N) is 1. The van der Waals surface area contributed by atoms with E-state index in [1.54, 1.807) is 24.1 Å². The molecule has 1 heterocycles. The van der Waals surface area contributed by atoms with Gasteiger partial charge in [0.05, 0.1) is 6.54 Å². The summed E-state index contributed by atoms with van der Waals surface area (Å²) in [5.41, 5.74) is 0.620. The average molecular weight is 452 g/mol. The Labute approximate surface area is 136 Å². The zero-order valence-corrected chi connectivity index (χ0v) is 14.7. The van der Waals surface area contributed by atoms with Gasteiger partial charge in [-0.1, -0.05) is 31.9 Å². The molecule has 2 rings (SSSR count). The molecular formula is C13H10Br3NO2. The van der Waals surface area contributed by atoms with Crippen LogP contribution in [-0.2, 0) is 6.54 Å². The summed E-state index contributed by atoms with van der Waals surface area (Å²) in [7, 11) is 1.74. The summed E-state index contributed by atoms with van der Waals surface area (Å²) in [4.78, 5) is 13.9. The monoisotopic (exact) mass is 449 g/mol. The number of carbonyl (C=O) groups excluding carboxylic acids is 1. The molecule has 0 atom stereocenters. The number of amides is 1. The van der Waals surface area contributed by atoms with Crippen LogP contribution in [0.25, 0.3) is 0 Å². The molecule has 0 saturated carbocycles. The highest BCUT2D eigenvalue weighted by molar-refractivity contribution is 9.11. The molecule has 1 amide bonds. The zero-order chi connectivity index (χ0) is 14.0. The molecule has 19 heavy (non-hydrogen) atoms. The predicted molar refractivity (Wildman–Crippen MR) is 84.0 cm³/mol. The largest absolute Gasteiger partial charge is 0.452 e. The second-order valence-corrected chi connectivity index (χ2v) is 6.64. The maximum atomic E-state index is 12.3. The molecule has 0 aliphatic rings. The predicted octanol–water partition coefficient (Wildman–Crippen LogP) is 4.84. The highest BCUT2D eigenvalue weighted by Crippen LogP contribution is 2.22. The fourth-order valence-electron chi connectivity index (χ4n) is 1.64. The lowest BCUT2D eigenvalue weighted by molar-refractivity contribution is 0.0775. The zero-order valence-electron chi connectivity index (χ0n) is 9.99. The Bertz CT molecular complexity index is 589. The van der Waals surface area contributed by atoms with E-state index in [2.05, 4.69) is 47.8 Å². The SMILES string of the molecule is CN(Cc1ccc(Br)o1)C(=O)c1cc(Br)cc(Br)c1. The van der Waals surface area contributed by atoms with Crippen molar-refractivity contribution in [2.45, 2.75) is 6.54 Å². The highest BCUT2D eigenvalue weighted by Gasteiger charge is 2.14. The van der Waals surface area contributed by atoms with E-state index >= 15 is 0 Å². The van der Waals surface area contributed by atoms with Crippen molar-refractivity contribution in [3.63, 3.8) is 0 Å². The van der Waals surface area contributed by atoms with E-state index in [9.17, 15) is 4.79 Å². The van der Waals surface area contributed by atoms with E-state index in [4.69, 9.17) is 4.42 Å². The van der Waals surface area contributed by atoms with Crippen LogP contribution in [0.15, 0.2) is 48.4 Å². The first-order valence-corrected chi connectivity index (χ1v) is 7.79. The van der Waals surface area contributed by atoms with Crippen LogP contribution in [-0.4, -0.2) is 17.9 Å². The molecular weight excluding hydrogens is 442 g/mol. The van der Waals surface area contributed by atoms with Crippen molar-refractivity contribution >= 4 is 53.7 Å². The quantitative estimate of drug-likeness (QED) is 0.669. The van der Waals surface area contributed by atoms with Gasteiger partial charge in [-0.15, -0.1) is 0 Å². The van der Waals surface area contributed by atoms with Gasteiger partial charge in [-0.3, -0.25) is 4.79 Å². The van der Waals surface area contributed by atoms with Gasteiger partial charge >= 0.3 is 0 Å². The van der Waals surface area contributed by atoms with Crippen LogP contribution >= 0.6 is 47.8 Å². The molecule has 0 N–H and O–H groups in total. The first kappa shape index (κ1) is 14.8. The summed E-state index contributed by atoms with van der Waals surface area (Å²) in [5.74, 6) is 0.673. The van der Waals surface area contributed by atoms with Gasteiger partial charge in [0, 0.05) is 21.6 Å². The van der Waals surface area contributed by atoms with Crippen molar-refractivity contribution in [1.82, 2.24) is 4.90 Å². The van der Waals surface area contributed by atoms with Gasteiger partial charge in [0.2, 0.25) is 0 Å². The van der Waals surface area contributed by atoms with E-state index in [1.165, 1.54) is 0 Å². The van der Waals surface area contributed by atoms with Crippen molar-refractivity contribution < 1.29 is 9.21 Å². The summed E-state index contributed by atoms with van der Waals surface area (Å²) < 4.78 is 7.77. The Morgan fingerprint density at radius 1 is 1.16 bits per heavy atom. The Morgan fingerprint density at radius 2 is 1.79 bits per heavy atom. The average Bonchev–Trinajstić information content (AvgIpc) is 2.72. The molecule has 0 fully saturated rings. The molecule has 100 valence electrons. The fraction of sp³-hybridized carbons (Fsp3) is 0.154. The molecule has 1 aromatic heterocycles. The van der Waals surface area contributed by atoms with Crippen molar-refractivity contribution in [3.8, 4) is 0 Å². The lowest BCUT2D eigenvalue weighted by Crippen LogP contribution is -2.26. The minimum absolute atomic E-state index is 0.0606. The summed E-state index contributed by atoms with van der Waals surface area (Å²) in [6.07, 6.45) is 0.